The second-order valence-corrected chi connectivity index (χ2v) is 3.23. The van der Waals surface area contributed by atoms with E-state index in [1.54, 1.807) is 0 Å². The predicted octanol–water partition coefficient (Wildman–Crippen LogP) is 1.31. The summed E-state index contributed by atoms with van der Waals surface area (Å²) >= 11 is 0. The number of benzene rings is 1. The number of nitrogens with two attached hydrogens (primary N) is 1. The zero-order valence-corrected chi connectivity index (χ0v) is 7.91. The lowest BCUT2D eigenvalue weighted by molar-refractivity contribution is -0.138. The molecule has 0 saturated heterocycles. The maximum Gasteiger partial charge on any atom is 0.320 e. The molecule has 1 rings (SSSR count). The van der Waals surface area contributed by atoms with Gasteiger partial charge in [-0.1, -0.05) is 6.07 Å². The Bertz CT molecular complexity index is 368. The molecule has 0 aromatic heterocycles. The molecule has 0 aliphatic rings. The Balaban J connectivity index is 2.58. The highest BCUT2D eigenvalue weighted by Gasteiger charge is 2.11. The molecule has 82 valence electrons. The highest BCUT2D eigenvalue weighted by atomic mass is 19.2. The summed E-state index contributed by atoms with van der Waals surface area (Å²) in [6.45, 7) is 0. The van der Waals surface area contributed by atoms with Gasteiger partial charge >= 0.3 is 5.97 Å². The van der Waals surface area contributed by atoms with E-state index in [4.69, 9.17) is 10.8 Å². The van der Waals surface area contributed by atoms with Gasteiger partial charge in [-0.05, 0) is 30.5 Å². The third kappa shape index (κ3) is 3.28. The third-order valence-electron chi connectivity index (χ3n) is 2.05. The highest BCUT2D eigenvalue weighted by molar-refractivity contribution is 5.73. The van der Waals surface area contributed by atoms with Crippen LogP contribution in [0.4, 0.5) is 8.78 Å². The zero-order valence-electron chi connectivity index (χ0n) is 7.91. The molecule has 0 fully saturated rings. The van der Waals surface area contributed by atoms with Crippen LogP contribution in [0.5, 0.6) is 0 Å². The molecule has 1 atom stereocenters. The number of aryl methyl sites for hydroxylation is 1. The van der Waals surface area contributed by atoms with Gasteiger partial charge in [-0.2, -0.15) is 0 Å². The molecule has 3 N–H and O–H groups in total. The van der Waals surface area contributed by atoms with Gasteiger partial charge in [-0.15, -0.1) is 0 Å². The standard InChI is InChI=1S/C10H11F2NO2/c11-7-3-1-6(5-8(7)12)2-4-9(13)10(14)15/h1,3,5,9H,2,4,13H2,(H,14,15). The Morgan fingerprint density at radius 2 is 2.07 bits per heavy atom. The number of aliphatic carboxylic acids is 1. The van der Waals surface area contributed by atoms with Gasteiger partial charge in [0.2, 0.25) is 0 Å². The van der Waals surface area contributed by atoms with Crippen LogP contribution in [0.3, 0.4) is 0 Å². The molecule has 1 aromatic carbocycles. The van der Waals surface area contributed by atoms with E-state index in [9.17, 15) is 13.6 Å². The molecule has 0 amide bonds. The van der Waals surface area contributed by atoms with Gasteiger partial charge in [0.25, 0.3) is 0 Å². The lowest BCUT2D eigenvalue weighted by Crippen LogP contribution is -2.30. The van der Waals surface area contributed by atoms with Crippen LogP contribution < -0.4 is 5.73 Å². The van der Waals surface area contributed by atoms with Crippen LogP contribution in [-0.4, -0.2) is 17.1 Å². The minimum absolute atomic E-state index is 0.195. The van der Waals surface area contributed by atoms with Crippen molar-refractivity contribution in [3.05, 3.63) is 35.4 Å². The van der Waals surface area contributed by atoms with Crippen LogP contribution in [0.2, 0.25) is 0 Å². The van der Waals surface area contributed by atoms with Crippen LogP contribution in [0.15, 0.2) is 18.2 Å². The van der Waals surface area contributed by atoms with E-state index >= 15 is 0 Å². The number of hydrogen-bond donors (Lipinski definition) is 2. The fourth-order valence-electron chi connectivity index (χ4n) is 1.14. The van der Waals surface area contributed by atoms with Crippen molar-refractivity contribution >= 4 is 5.97 Å². The van der Waals surface area contributed by atoms with Crippen LogP contribution in [-0.2, 0) is 11.2 Å². The van der Waals surface area contributed by atoms with Gasteiger partial charge in [-0.25, -0.2) is 8.78 Å². The van der Waals surface area contributed by atoms with E-state index in [2.05, 4.69) is 0 Å². The van der Waals surface area contributed by atoms with E-state index in [1.165, 1.54) is 6.07 Å². The van der Waals surface area contributed by atoms with E-state index in [0.29, 0.717) is 12.0 Å². The number of carboxylic acid groups (broad SMARTS) is 1. The van der Waals surface area contributed by atoms with Crippen LogP contribution in [0, 0.1) is 11.6 Å². The quantitative estimate of drug-likeness (QED) is 0.795. The average molecular weight is 215 g/mol. The maximum absolute atomic E-state index is 12.7. The first-order valence-electron chi connectivity index (χ1n) is 4.43. The largest absolute Gasteiger partial charge is 0.480 e. The summed E-state index contributed by atoms with van der Waals surface area (Å²) in [7, 11) is 0. The molecule has 0 heterocycles. The molecule has 0 aliphatic heterocycles. The Morgan fingerprint density at radius 3 is 2.60 bits per heavy atom. The van der Waals surface area contributed by atoms with E-state index < -0.39 is 23.6 Å². The second-order valence-electron chi connectivity index (χ2n) is 3.23. The van der Waals surface area contributed by atoms with Crippen molar-refractivity contribution in [2.24, 2.45) is 5.73 Å². The van der Waals surface area contributed by atoms with Crippen molar-refractivity contribution in [3.8, 4) is 0 Å². The zero-order chi connectivity index (χ0) is 11.4. The molecule has 0 radical (unpaired) electrons. The second kappa shape index (κ2) is 4.84. The van der Waals surface area contributed by atoms with Gasteiger partial charge in [0.1, 0.15) is 6.04 Å². The Labute approximate surface area is 85.5 Å². The van der Waals surface area contributed by atoms with Crippen molar-refractivity contribution in [1.82, 2.24) is 0 Å². The maximum atomic E-state index is 12.7. The monoisotopic (exact) mass is 215 g/mol. The normalized spacial score (nSPS) is 12.5. The van der Waals surface area contributed by atoms with Crippen LogP contribution >= 0.6 is 0 Å². The van der Waals surface area contributed by atoms with Crippen LogP contribution in [0.1, 0.15) is 12.0 Å². The summed E-state index contributed by atoms with van der Waals surface area (Å²) in [6, 6.07) is 2.49. The minimum Gasteiger partial charge on any atom is -0.480 e. The first kappa shape index (κ1) is 11.6. The number of halogens is 2. The van der Waals surface area contributed by atoms with Crippen molar-refractivity contribution in [3.63, 3.8) is 0 Å². The topological polar surface area (TPSA) is 63.3 Å². The van der Waals surface area contributed by atoms with Gasteiger partial charge in [0.15, 0.2) is 11.6 Å². The summed E-state index contributed by atoms with van der Waals surface area (Å²) in [4.78, 5) is 10.4. The molecular weight excluding hydrogens is 204 g/mol. The third-order valence-corrected chi connectivity index (χ3v) is 2.05. The lowest BCUT2D eigenvalue weighted by Gasteiger charge is -2.06. The Kier molecular flexibility index (Phi) is 3.74. The first-order chi connectivity index (χ1) is 7.00. The van der Waals surface area contributed by atoms with Gasteiger partial charge in [0, 0.05) is 0 Å². The molecule has 0 spiro atoms. The van der Waals surface area contributed by atoms with Gasteiger partial charge < -0.3 is 10.8 Å². The fraction of sp³-hybridized carbons (Fsp3) is 0.300. The molecule has 5 heteroatoms. The minimum atomic E-state index is -1.10. The Hall–Kier alpha value is -1.49. The molecule has 1 unspecified atom stereocenters. The van der Waals surface area contributed by atoms with Crippen molar-refractivity contribution in [2.75, 3.05) is 0 Å². The molecule has 1 aromatic rings. The first-order valence-corrected chi connectivity index (χ1v) is 4.43. The van der Waals surface area contributed by atoms with Gasteiger partial charge in [-0.3, -0.25) is 4.79 Å². The summed E-state index contributed by atoms with van der Waals surface area (Å²) in [5.41, 5.74) is 5.80. The molecule has 0 bridgehead atoms. The molecule has 15 heavy (non-hydrogen) atoms. The smallest absolute Gasteiger partial charge is 0.320 e. The van der Waals surface area contributed by atoms with E-state index in [-0.39, 0.29) is 6.42 Å². The van der Waals surface area contributed by atoms with Crippen molar-refractivity contribution < 1.29 is 18.7 Å². The SMILES string of the molecule is NC(CCc1ccc(F)c(F)c1)C(=O)O. The number of hydrogen-bond acceptors (Lipinski definition) is 2. The molecular formula is C10H11F2NO2. The summed E-state index contributed by atoms with van der Waals surface area (Å²) < 4.78 is 25.3. The highest BCUT2D eigenvalue weighted by Crippen LogP contribution is 2.10. The van der Waals surface area contributed by atoms with E-state index in [1.807, 2.05) is 0 Å². The fourth-order valence-corrected chi connectivity index (χ4v) is 1.14. The average Bonchev–Trinajstić information content (AvgIpc) is 2.19. The number of carboxylic acids is 1. The molecule has 3 nitrogen and oxygen atoms in total. The predicted molar refractivity (Wildman–Crippen MR) is 50.3 cm³/mol. The Morgan fingerprint density at radius 1 is 1.40 bits per heavy atom. The number of carbonyl (C=O) groups is 1. The summed E-state index contributed by atoms with van der Waals surface area (Å²) in [5, 5.41) is 8.50. The number of rotatable bonds is 4. The summed E-state index contributed by atoms with van der Waals surface area (Å²) in [6.07, 6.45) is 0.505. The lowest BCUT2D eigenvalue weighted by atomic mass is 10.1. The molecule has 0 saturated carbocycles. The molecule has 0 aliphatic carbocycles. The summed E-state index contributed by atoms with van der Waals surface area (Å²) in [5.74, 6) is -2.95. The van der Waals surface area contributed by atoms with Crippen molar-refractivity contribution in [1.29, 1.82) is 0 Å². The van der Waals surface area contributed by atoms with E-state index in [0.717, 1.165) is 12.1 Å². The van der Waals surface area contributed by atoms with Crippen LogP contribution in [0.25, 0.3) is 0 Å². The van der Waals surface area contributed by atoms with Gasteiger partial charge in [0.05, 0.1) is 0 Å². The van der Waals surface area contributed by atoms with Crippen molar-refractivity contribution in [2.45, 2.75) is 18.9 Å².